The Balaban J connectivity index is 2.67. The van der Waals surface area contributed by atoms with Gasteiger partial charge in [-0.15, -0.1) is 0 Å². The Bertz CT molecular complexity index is 513. The number of fused-ring (bicyclic) bond motifs is 1. The summed E-state index contributed by atoms with van der Waals surface area (Å²) in [6.45, 7) is 0. The summed E-state index contributed by atoms with van der Waals surface area (Å²) in [6, 6.07) is 6.61. The van der Waals surface area contributed by atoms with E-state index in [1.807, 2.05) is 6.07 Å². The number of nitro benzene ring substituents is 1. The molecule has 2 rings (SSSR count). The van der Waals surface area contributed by atoms with Gasteiger partial charge in [-0.25, -0.2) is 0 Å². The highest BCUT2D eigenvalue weighted by molar-refractivity contribution is 14.1. The molecule has 0 aliphatic rings. The van der Waals surface area contributed by atoms with Crippen LogP contribution in [0.4, 0.5) is 5.69 Å². The van der Waals surface area contributed by atoms with E-state index in [4.69, 9.17) is 0 Å². The van der Waals surface area contributed by atoms with Crippen LogP contribution in [0.5, 0.6) is 0 Å². The van der Waals surface area contributed by atoms with Crippen molar-refractivity contribution >= 4 is 39.2 Å². The largest absolute Gasteiger partial charge is 0.271 e. The number of pyridine rings is 1. The molecule has 1 heterocycles. The van der Waals surface area contributed by atoms with Gasteiger partial charge in [0.05, 0.1) is 10.4 Å². The van der Waals surface area contributed by atoms with Gasteiger partial charge >= 0.3 is 0 Å². The van der Waals surface area contributed by atoms with Crippen LogP contribution in [0, 0.1) is 13.7 Å². The van der Waals surface area contributed by atoms with Gasteiger partial charge in [-0.2, -0.15) is 0 Å². The lowest BCUT2D eigenvalue weighted by atomic mass is 10.2. The normalized spacial score (nSPS) is 10.4. The molecule has 1 aromatic carbocycles. The average molecular weight is 300 g/mol. The fourth-order valence-corrected chi connectivity index (χ4v) is 1.67. The number of nitro groups is 1. The Morgan fingerprint density at radius 3 is 2.86 bits per heavy atom. The lowest BCUT2D eigenvalue weighted by molar-refractivity contribution is -0.384. The Kier molecular flexibility index (Phi) is 2.32. The van der Waals surface area contributed by atoms with E-state index in [1.54, 1.807) is 12.3 Å². The van der Waals surface area contributed by atoms with E-state index < -0.39 is 4.92 Å². The summed E-state index contributed by atoms with van der Waals surface area (Å²) in [5.41, 5.74) is 0.728. The second kappa shape index (κ2) is 3.49. The highest BCUT2D eigenvalue weighted by Gasteiger charge is 2.06. The van der Waals surface area contributed by atoms with E-state index in [-0.39, 0.29) is 5.69 Å². The van der Waals surface area contributed by atoms with Gasteiger partial charge in [0.15, 0.2) is 0 Å². The van der Waals surface area contributed by atoms with Crippen molar-refractivity contribution in [1.29, 1.82) is 0 Å². The summed E-state index contributed by atoms with van der Waals surface area (Å²) in [5.74, 6) is 0. The van der Waals surface area contributed by atoms with Gasteiger partial charge in [-0.3, -0.25) is 15.1 Å². The van der Waals surface area contributed by atoms with Crippen LogP contribution < -0.4 is 0 Å². The smallest absolute Gasteiger partial charge is 0.258 e. The third kappa shape index (κ3) is 1.67. The summed E-state index contributed by atoms with van der Waals surface area (Å²) >= 11 is 2.15. The number of non-ortho nitro benzene ring substituents is 1. The first-order chi connectivity index (χ1) is 6.66. The molecule has 0 radical (unpaired) electrons. The van der Waals surface area contributed by atoms with Gasteiger partial charge < -0.3 is 0 Å². The summed E-state index contributed by atoms with van der Waals surface area (Å²) in [7, 11) is 0. The summed E-state index contributed by atoms with van der Waals surface area (Å²) in [6.07, 6.45) is 1.69. The molecule has 0 N–H and O–H groups in total. The molecule has 0 saturated heterocycles. The van der Waals surface area contributed by atoms with Crippen LogP contribution in [0.15, 0.2) is 30.5 Å². The zero-order valence-electron chi connectivity index (χ0n) is 6.98. The summed E-state index contributed by atoms with van der Waals surface area (Å²) in [5, 5.41) is 11.4. The van der Waals surface area contributed by atoms with Gasteiger partial charge in [-0.1, -0.05) is 0 Å². The third-order valence-corrected chi connectivity index (χ3v) is 2.44. The SMILES string of the molecule is O=[N+]([O-])c1ccc2cc(I)cnc2c1. The first kappa shape index (κ1) is 9.32. The molecule has 2 aromatic rings. The number of rotatable bonds is 1. The summed E-state index contributed by atoms with van der Waals surface area (Å²) < 4.78 is 1.02. The second-order valence-corrected chi connectivity index (χ2v) is 4.03. The van der Waals surface area contributed by atoms with Crippen LogP contribution in [-0.4, -0.2) is 9.91 Å². The fourth-order valence-electron chi connectivity index (χ4n) is 1.20. The maximum atomic E-state index is 10.5. The standard InChI is InChI=1S/C9H5IN2O2/c10-7-3-6-1-2-8(12(13)14)4-9(6)11-5-7/h1-5H. The lowest BCUT2D eigenvalue weighted by Crippen LogP contribution is -1.88. The van der Waals surface area contributed by atoms with Crippen LogP contribution in [-0.2, 0) is 0 Å². The molecular formula is C9H5IN2O2. The number of aromatic nitrogens is 1. The molecule has 5 heteroatoms. The summed E-state index contributed by atoms with van der Waals surface area (Å²) in [4.78, 5) is 14.2. The first-order valence-electron chi connectivity index (χ1n) is 3.86. The van der Waals surface area contributed by atoms with Crippen LogP contribution in [0.1, 0.15) is 0 Å². The maximum Gasteiger partial charge on any atom is 0.271 e. The number of benzene rings is 1. The molecular weight excluding hydrogens is 295 g/mol. The van der Waals surface area contributed by atoms with Crippen molar-refractivity contribution in [3.05, 3.63) is 44.1 Å². The molecule has 0 aliphatic carbocycles. The number of nitrogens with zero attached hydrogens (tertiary/aromatic N) is 2. The lowest BCUT2D eigenvalue weighted by Gasteiger charge is -1.97. The molecule has 0 spiro atoms. The van der Waals surface area contributed by atoms with Crippen LogP contribution in [0.3, 0.4) is 0 Å². The zero-order valence-corrected chi connectivity index (χ0v) is 9.13. The highest BCUT2D eigenvalue weighted by Crippen LogP contribution is 2.20. The molecule has 1 aromatic heterocycles. The second-order valence-electron chi connectivity index (χ2n) is 2.79. The van der Waals surface area contributed by atoms with E-state index >= 15 is 0 Å². The minimum absolute atomic E-state index is 0.0752. The number of halogens is 1. The van der Waals surface area contributed by atoms with Crippen molar-refractivity contribution in [2.24, 2.45) is 0 Å². The molecule has 0 amide bonds. The van der Waals surface area contributed by atoms with Gasteiger partial charge in [0.1, 0.15) is 0 Å². The van der Waals surface area contributed by atoms with Crippen LogP contribution >= 0.6 is 22.6 Å². The van der Waals surface area contributed by atoms with Crippen molar-refractivity contribution in [2.45, 2.75) is 0 Å². The quantitative estimate of drug-likeness (QED) is 0.462. The molecule has 70 valence electrons. The molecule has 4 nitrogen and oxygen atoms in total. The molecule has 0 fully saturated rings. The molecule has 0 unspecified atom stereocenters. The van der Waals surface area contributed by atoms with E-state index in [2.05, 4.69) is 27.6 Å². The van der Waals surface area contributed by atoms with Crippen LogP contribution in [0.25, 0.3) is 10.9 Å². The number of hydrogen-bond donors (Lipinski definition) is 0. The van der Waals surface area contributed by atoms with E-state index in [0.717, 1.165) is 8.96 Å². The van der Waals surface area contributed by atoms with Gasteiger partial charge in [0, 0.05) is 27.3 Å². The van der Waals surface area contributed by atoms with E-state index in [0.29, 0.717) is 5.52 Å². The zero-order chi connectivity index (χ0) is 10.1. The Morgan fingerprint density at radius 1 is 1.36 bits per heavy atom. The molecule has 0 atom stereocenters. The Hall–Kier alpha value is -1.24. The van der Waals surface area contributed by atoms with E-state index in [1.165, 1.54) is 12.1 Å². The molecule has 0 bridgehead atoms. The minimum Gasteiger partial charge on any atom is -0.258 e. The molecule has 0 saturated carbocycles. The van der Waals surface area contributed by atoms with Crippen molar-refractivity contribution in [3.8, 4) is 0 Å². The molecule has 0 aliphatic heterocycles. The number of hydrogen-bond acceptors (Lipinski definition) is 3. The monoisotopic (exact) mass is 300 g/mol. The molecule has 14 heavy (non-hydrogen) atoms. The van der Waals surface area contributed by atoms with Crippen LogP contribution in [0.2, 0.25) is 0 Å². The van der Waals surface area contributed by atoms with Crippen molar-refractivity contribution in [2.75, 3.05) is 0 Å². The predicted octanol–water partition coefficient (Wildman–Crippen LogP) is 2.75. The minimum atomic E-state index is -0.418. The Morgan fingerprint density at radius 2 is 2.14 bits per heavy atom. The van der Waals surface area contributed by atoms with Crippen molar-refractivity contribution < 1.29 is 4.92 Å². The first-order valence-corrected chi connectivity index (χ1v) is 4.94. The fraction of sp³-hybridized carbons (Fsp3) is 0. The van der Waals surface area contributed by atoms with Crippen molar-refractivity contribution in [3.63, 3.8) is 0 Å². The predicted molar refractivity (Wildman–Crippen MR) is 61.1 cm³/mol. The van der Waals surface area contributed by atoms with Crippen molar-refractivity contribution in [1.82, 2.24) is 4.98 Å². The highest BCUT2D eigenvalue weighted by atomic mass is 127. The average Bonchev–Trinajstić information content (AvgIpc) is 2.16. The van der Waals surface area contributed by atoms with Gasteiger partial charge in [-0.05, 0) is 34.7 Å². The van der Waals surface area contributed by atoms with Gasteiger partial charge in [0.25, 0.3) is 5.69 Å². The third-order valence-electron chi connectivity index (χ3n) is 1.85. The van der Waals surface area contributed by atoms with Gasteiger partial charge in [0.2, 0.25) is 0 Å². The topological polar surface area (TPSA) is 56.0 Å². The van der Waals surface area contributed by atoms with E-state index in [9.17, 15) is 10.1 Å². The Labute approximate surface area is 93.2 Å². The maximum absolute atomic E-state index is 10.5.